The van der Waals surface area contributed by atoms with E-state index < -0.39 is 0 Å². The highest BCUT2D eigenvalue weighted by atomic mass is 32.2. The van der Waals surface area contributed by atoms with Crippen LogP contribution in [0.5, 0.6) is 0 Å². The number of likely N-dealkylation sites (tertiary alicyclic amines) is 1. The van der Waals surface area contributed by atoms with Crippen molar-refractivity contribution in [3.05, 3.63) is 30.1 Å². The van der Waals surface area contributed by atoms with Gasteiger partial charge in [-0.15, -0.1) is 11.8 Å². The topological polar surface area (TPSA) is 15.3 Å². The lowest BCUT2D eigenvalue weighted by molar-refractivity contribution is 0.333. The van der Waals surface area contributed by atoms with Crippen molar-refractivity contribution in [1.82, 2.24) is 10.2 Å². The molecular formula is C14H19FN2S. The summed E-state index contributed by atoms with van der Waals surface area (Å²) in [6.45, 7) is 5.88. The molecule has 1 aromatic carbocycles. The van der Waals surface area contributed by atoms with Gasteiger partial charge in [-0.3, -0.25) is 0 Å². The third kappa shape index (κ3) is 2.71. The Balaban J connectivity index is 1.44. The van der Waals surface area contributed by atoms with Gasteiger partial charge in [0.05, 0.1) is 0 Å². The van der Waals surface area contributed by atoms with Crippen molar-refractivity contribution in [3.8, 4) is 0 Å². The maximum absolute atomic E-state index is 13.4. The Bertz CT molecular complexity index is 401. The molecule has 2 unspecified atom stereocenters. The van der Waals surface area contributed by atoms with Gasteiger partial charge < -0.3 is 10.2 Å². The Morgan fingerprint density at radius 1 is 1.22 bits per heavy atom. The zero-order valence-corrected chi connectivity index (χ0v) is 11.3. The molecule has 0 amide bonds. The smallest absolute Gasteiger partial charge is 0.136 e. The molecule has 2 heterocycles. The lowest BCUT2D eigenvalue weighted by Crippen LogP contribution is -2.27. The van der Waals surface area contributed by atoms with Crippen molar-refractivity contribution in [3.63, 3.8) is 0 Å². The summed E-state index contributed by atoms with van der Waals surface area (Å²) in [5.41, 5.74) is 0. The highest BCUT2D eigenvalue weighted by Crippen LogP contribution is 2.27. The third-order valence-electron chi connectivity index (χ3n) is 3.97. The molecule has 0 spiro atoms. The molecule has 2 atom stereocenters. The Hall–Kier alpha value is -0.580. The molecule has 0 radical (unpaired) electrons. The van der Waals surface area contributed by atoms with Crippen molar-refractivity contribution in [2.75, 3.05) is 38.5 Å². The van der Waals surface area contributed by atoms with Crippen molar-refractivity contribution >= 4 is 11.8 Å². The monoisotopic (exact) mass is 266 g/mol. The minimum Gasteiger partial charge on any atom is -0.316 e. The number of hydrogen-bond acceptors (Lipinski definition) is 3. The van der Waals surface area contributed by atoms with E-state index in [1.165, 1.54) is 32.2 Å². The molecule has 18 heavy (non-hydrogen) atoms. The van der Waals surface area contributed by atoms with E-state index in [9.17, 15) is 4.39 Å². The maximum Gasteiger partial charge on any atom is 0.136 e. The Kier molecular flexibility index (Phi) is 3.87. The van der Waals surface area contributed by atoms with Crippen molar-refractivity contribution in [2.24, 2.45) is 11.8 Å². The molecule has 0 aliphatic carbocycles. The molecule has 1 aromatic rings. The quantitative estimate of drug-likeness (QED) is 0.840. The number of fused-ring (bicyclic) bond motifs is 1. The second-order valence-electron chi connectivity index (χ2n) is 5.22. The van der Waals surface area contributed by atoms with Crippen LogP contribution >= 0.6 is 11.8 Å². The molecule has 0 saturated carbocycles. The van der Waals surface area contributed by atoms with Crippen molar-refractivity contribution in [1.29, 1.82) is 0 Å². The van der Waals surface area contributed by atoms with Crippen LogP contribution in [-0.4, -0.2) is 43.4 Å². The van der Waals surface area contributed by atoms with Gasteiger partial charge in [-0.2, -0.15) is 0 Å². The fourth-order valence-corrected chi connectivity index (χ4v) is 3.93. The van der Waals surface area contributed by atoms with Crippen LogP contribution < -0.4 is 5.32 Å². The first-order valence-electron chi connectivity index (χ1n) is 6.63. The SMILES string of the molecule is Fc1ccccc1SCCN1CC2CNCC2C1. The van der Waals surface area contributed by atoms with Crippen LogP contribution in [0.1, 0.15) is 0 Å². The van der Waals surface area contributed by atoms with Crippen LogP contribution in [0.3, 0.4) is 0 Å². The van der Waals surface area contributed by atoms with Gasteiger partial charge in [-0.1, -0.05) is 12.1 Å². The normalized spacial score (nSPS) is 27.6. The number of halogens is 1. The third-order valence-corrected chi connectivity index (χ3v) is 5.00. The minimum atomic E-state index is -0.0926. The first-order chi connectivity index (χ1) is 8.83. The molecule has 2 saturated heterocycles. The first-order valence-corrected chi connectivity index (χ1v) is 7.62. The van der Waals surface area contributed by atoms with Crippen LogP contribution in [-0.2, 0) is 0 Å². The van der Waals surface area contributed by atoms with Crippen LogP contribution in [0.15, 0.2) is 29.2 Å². The van der Waals surface area contributed by atoms with Gasteiger partial charge in [0, 0.05) is 30.3 Å². The molecule has 2 nitrogen and oxygen atoms in total. The molecule has 0 bridgehead atoms. The highest BCUT2D eigenvalue weighted by Gasteiger charge is 2.35. The lowest BCUT2D eigenvalue weighted by Gasteiger charge is -2.16. The zero-order chi connectivity index (χ0) is 12.4. The second-order valence-corrected chi connectivity index (χ2v) is 6.35. The molecule has 2 aliphatic heterocycles. The number of nitrogens with zero attached hydrogens (tertiary/aromatic N) is 1. The average molecular weight is 266 g/mol. The van der Waals surface area contributed by atoms with Gasteiger partial charge in [0.2, 0.25) is 0 Å². The van der Waals surface area contributed by atoms with Crippen molar-refractivity contribution < 1.29 is 4.39 Å². The van der Waals surface area contributed by atoms with E-state index in [4.69, 9.17) is 0 Å². The van der Waals surface area contributed by atoms with E-state index in [1.807, 2.05) is 12.1 Å². The standard InChI is InChI=1S/C14H19FN2S/c15-13-3-1-2-4-14(13)18-6-5-17-9-11-7-16-8-12(11)10-17/h1-4,11-12,16H,5-10H2. The molecule has 98 valence electrons. The van der Waals surface area contributed by atoms with Gasteiger partial charge in [-0.05, 0) is 37.1 Å². The predicted octanol–water partition coefficient (Wildman–Crippen LogP) is 2.07. The van der Waals surface area contributed by atoms with E-state index in [2.05, 4.69) is 10.2 Å². The van der Waals surface area contributed by atoms with Crippen LogP contribution in [0.2, 0.25) is 0 Å². The van der Waals surface area contributed by atoms with Crippen LogP contribution in [0.4, 0.5) is 4.39 Å². The summed E-state index contributed by atoms with van der Waals surface area (Å²) in [4.78, 5) is 3.31. The number of thioether (sulfide) groups is 1. The van der Waals surface area contributed by atoms with Gasteiger partial charge in [0.1, 0.15) is 5.82 Å². The largest absolute Gasteiger partial charge is 0.316 e. The molecule has 1 N–H and O–H groups in total. The minimum absolute atomic E-state index is 0.0926. The van der Waals surface area contributed by atoms with E-state index in [-0.39, 0.29) is 5.82 Å². The molecule has 3 rings (SSSR count). The lowest BCUT2D eigenvalue weighted by atomic mass is 10.0. The number of hydrogen-bond donors (Lipinski definition) is 1. The number of rotatable bonds is 4. The molecule has 2 fully saturated rings. The van der Waals surface area contributed by atoms with Crippen LogP contribution in [0.25, 0.3) is 0 Å². The summed E-state index contributed by atoms with van der Waals surface area (Å²) in [6.07, 6.45) is 0. The fraction of sp³-hybridized carbons (Fsp3) is 0.571. The second kappa shape index (κ2) is 5.59. The Labute approximate surface area is 112 Å². The Morgan fingerprint density at radius 2 is 1.94 bits per heavy atom. The summed E-state index contributed by atoms with van der Waals surface area (Å²) < 4.78 is 13.4. The van der Waals surface area contributed by atoms with Gasteiger partial charge in [0.25, 0.3) is 0 Å². The number of benzene rings is 1. The van der Waals surface area contributed by atoms with Gasteiger partial charge >= 0.3 is 0 Å². The first kappa shape index (κ1) is 12.5. The van der Waals surface area contributed by atoms with Crippen LogP contribution in [0, 0.1) is 17.7 Å². The highest BCUT2D eigenvalue weighted by molar-refractivity contribution is 7.99. The zero-order valence-electron chi connectivity index (χ0n) is 10.4. The number of nitrogens with one attached hydrogen (secondary N) is 1. The van der Waals surface area contributed by atoms with E-state index in [0.717, 1.165) is 29.0 Å². The summed E-state index contributed by atoms with van der Waals surface area (Å²) in [7, 11) is 0. The van der Waals surface area contributed by atoms with Gasteiger partial charge in [-0.25, -0.2) is 4.39 Å². The molecule has 4 heteroatoms. The molecule has 2 aliphatic rings. The summed E-state index contributed by atoms with van der Waals surface area (Å²) in [5.74, 6) is 2.59. The average Bonchev–Trinajstić information content (AvgIpc) is 2.92. The van der Waals surface area contributed by atoms with Gasteiger partial charge in [0.15, 0.2) is 0 Å². The van der Waals surface area contributed by atoms with E-state index in [1.54, 1.807) is 17.8 Å². The fourth-order valence-electron chi connectivity index (χ4n) is 2.98. The summed E-state index contributed by atoms with van der Waals surface area (Å²) >= 11 is 1.63. The summed E-state index contributed by atoms with van der Waals surface area (Å²) in [6, 6.07) is 7.04. The maximum atomic E-state index is 13.4. The molecular weight excluding hydrogens is 247 g/mol. The van der Waals surface area contributed by atoms with Crippen molar-refractivity contribution in [2.45, 2.75) is 4.90 Å². The van der Waals surface area contributed by atoms with E-state index in [0.29, 0.717) is 0 Å². The summed E-state index contributed by atoms with van der Waals surface area (Å²) in [5, 5.41) is 3.45. The Morgan fingerprint density at radius 3 is 2.67 bits per heavy atom. The molecule has 0 aromatic heterocycles. The predicted molar refractivity (Wildman–Crippen MR) is 73.4 cm³/mol. The van der Waals surface area contributed by atoms with E-state index >= 15 is 0 Å².